The highest BCUT2D eigenvalue weighted by Crippen LogP contribution is 2.27. The van der Waals surface area contributed by atoms with Crippen molar-refractivity contribution in [1.29, 1.82) is 0 Å². The quantitative estimate of drug-likeness (QED) is 0.879. The third kappa shape index (κ3) is 3.36. The van der Waals surface area contributed by atoms with E-state index >= 15 is 0 Å². The fourth-order valence-corrected chi connectivity index (χ4v) is 3.11. The van der Waals surface area contributed by atoms with E-state index in [1.807, 2.05) is 24.0 Å². The SMILES string of the molecule is COc1cc(/C=C2\CCCN(S)C2)ccc1-n1cnc(C)c1. The molecule has 1 aromatic carbocycles. The molecule has 116 valence electrons. The molecular formula is C17H21N3OS. The molecule has 1 aliphatic rings. The van der Waals surface area contributed by atoms with E-state index in [0.717, 1.165) is 42.2 Å². The maximum Gasteiger partial charge on any atom is 0.143 e. The first-order valence-electron chi connectivity index (χ1n) is 7.48. The molecule has 0 atom stereocenters. The molecule has 1 aromatic heterocycles. The number of imidazole rings is 1. The Labute approximate surface area is 137 Å². The van der Waals surface area contributed by atoms with Crippen LogP contribution in [-0.4, -0.2) is 34.1 Å². The van der Waals surface area contributed by atoms with Crippen LogP contribution in [0.15, 0.2) is 36.3 Å². The smallest absolute Gasteiger partial charge is 0.143 e. The van der Waals surface area contributed by atoms with E-state index in [0.29, 0.717) is 0 Å². The van der Waals surface area contributed by atoms with Crippen LogP contribution in [0.2, 0.25) is 0 Å². The number of aryl methyl sites for hydroxylation is 1. The van der Waals surface area contributed by atoms with E-state index in [1.54, 1.807) is 7.11 Å². The maximum absolute atomic E-state index is 5.56. The van der Waals surface area contributed by atoms with Crippen molar-refractivity contribution in [2.24, 2.45) is 0 Å². The minimum Gasteiger partial charge on any atom is -0.495 e. The molecule has 1 saturated heterocycles. The topological polar surface area (TPSA) is 30.3 Å². The van der Waals surface area contributed by atoms with Crippen molar-refractivity contribution in [2.75, 3.05) is 20.2 Å². The molecule has 0 bridgehead atoms. The molecule has 0 spiro atoms. The lowest BCUT2D eigenvalue weighted by atomic mass is 10.0. The normalized spacial score (nSPS) is 17.9. The minimum atomic E-state index is 0.852. The molecule has 0 unspecified atom stereocenters. The van der Waals surface area contributed by atoms with Gasteiger partial charge in [-0.15, -0.1) is 0 Å². The molecule has 0 radical (unpaired) electrons. The predicted molar refractivity (Wildman–Crippen MR) is 92.6 cm³/mol. The van der Waals surface area contributed by atoms with Gasteiger partial charge in [0, 0.05) is 19.3 Å². The molecule has 5 heteroatoms. The molecule has 0 amide bonds. The Hall–Kier alpha value is -1.72. The first-order chi connectivity index (χ1) is 10.7. The van der Waals surface area contributed by atoms with Gasteiger partial charge in [-0.05, 0) is 37.5 Å². The van der Waals surface area contributed by atoms with E-state index < -0.39 is 0 Å². The second-order valence-electron chi connectivity index (χ2n) is 5.65. The lowest BCUT2D eigenvalue weighted by molar-refractivity contribution is 0.412. The van der Waals surface area contributed by atoms with Gasteiger partial charge >= 0.3 is 0 Å². The van der Waals surface area contributed by atoms with Crippen LogP contribution in [0.1, 0.15) is 24.1 Å². The first kappa shape index (κ1) is 15.2. The van der Waals surface area contributed by atoms with Crippen LogP contribution in [0.3, 0.4) is 0 Å². The van der Waals surface area contributed by atoms with Gasteiger partial charge in [0.05, 0.1) is 24.8 Å². The number of methoxy groups -OCH3 is 1. The monoisotopic (exact) mass is 315 g/mol. The van der Waals surface area contributed by atoms with E-state index in [2.05, 4.69) is 46.4 Å². The molecule has 3 rings (SSSR count). The van der Waals surface area contributed by atoms with Crippen molar-refractivity contribution in [1.82, 2.24) is 13.9 Å². The molecule has 22 heavy (non-hydrogen) atoms. The summed E-state index contributed by atoms with van der Waals surface area (Å²) in [5.74, 6) is 0.852. The zero-order chi connectivity index (χ0) is 15.5. The highest BCUT2D eigenvalue weighted by Gasteiger charge is 2.12. The fourth-order valence-electron chi connectivity index (χ4n) is 2.78. The standard InChI is InChI=1S/C17H21N3OS/c1-13-10-19(12-18-13)16-6-5-14(9-17(16)21-2)8-15-4-3-7-20(22)11-15/h5-6,8-10,12,22H,3-4,7,11H2,1-2H3/b15-8+. The number of ether oxygens (including phenoxy) is 1. The number of benzene rings is 1. The Balaban J connectivity index is 1.90. The summed E-state index contributed by atoms with van der Waals surface area (Å²) in [7, 11) is 1.70. The highest BCUT2D eigenvalue weighted by atomic mass is 32.1. The summed E-state index contributed by atoms with van der Waals surface area (Å²) in [6.07, 6.45) is 8.36. The molecule has 0 saturated carbocycles. The van der Waals surface area contributed by atoms with E-state index in [-0.39, 0.29) is 0 Å². The Morgan fingerprint density at radius 3 is 2.91 bits per heavy atom. The molecule has 2 heterocycles. The summed E-state index contributed by atoms with van der Waals surface area (Å²) >= 11 is 4.45. The zero-order valence-corrected chi connectivity index (χ0v) is 13.9. The van der Waals surface area contributed by atoms with E-state index in [1.165, 1.54) is 12.0 Å². The predicted octanol–water partition coefficient (Wildman–Crippen LogP) is 3.51. The third-order valence-electron chi connectivity index (χ3n) is 3.86. The number of hydrogen-bond acceptors (Lipinski definition) is 4. The van der Waals surface area contributed by atoms with Gasteiger partial charge in [-0.2, -0.15) is 0 Å². The number of nitrogens with zero attached hydrogens (tertiary/aromatic N) is 3. The van der Waals surface area contributed by atoms with Crippen molar-refractivity contribution in [3.8, 4) is 11.4 Å². The summed E-state index contributed by atoms with van der Waals surface area (Å²) in [5, 5.41) is 0. The Kier molecular flexibility index (Phi) is 4.55. The van der Waals surface area contributed by atoms with Crippen molar-refractivity contribution in [2.45, 2.75) is 19.8 Å². The third-order valence-corrected chi connectivity index (χ3v) is 4.21. The van der Waals surface area contributed by atoms with Crippen LogP contribution in [-0.2, 0) is 0 Å². The number of aromatic nitrogens is 2. The van der Waals surface area contributed by atoms with Crippen molar-refractivity contribution in [3.05, 3.63) is 47.6 Å². The maximum atomic E-state index is 5.56. The van der Waals surface area contributed by atoms with Crippen LogP contribution in [0.4, 0.5) is 0 Å². The fraction of sp³-hybridized carbons (Fsp3) is 0.353. The van der Waals surface area contributed by atoms with Crippen molar-refractivity contribution < 1.29 is 4.74 Å². The zero-order valence-electron chi connectivity index (χ0n) is 13.0. The average molecular weight is 315 g/mol. The molecule has 0 aliphatic carbocycles. The summed E-state index contributed by atoms with van der Waals surface area (Å²) < 4.78 is 9.61. The van der Waals surface area contributed by atoms with Gasteiger partial charge in [-0.25, -0.2) is 9.29 Å². The summed E-state index contributed by atoms with van der Waals surface area (Å²) in [5.41, 5.74) is 4.57. The van der Waals surface area contributed by atoms with Gasteiger partial charge in [0.15, 0.2) is 0 Å². The molecule has 0 N–H and O–H groups in total. The van der Waals surface area contributed by atoms with Gasteiger partial charge in [-0.3, -0.25) is 0 Å². The van der Waals surface area contributed by atoms with Crippen LogP contribution >= 0.6 is 12.8 Å². The number of thiol groups is 1. The van der Waals surface area contributed by atoms with Crippen LogP contribution in [0.25, 0.3) is 11.8 Å². The summed E-state index contributed by atoms with van der Waals surface area (Å²) in [6.45, 7) is 3.96. The van der Waals surface area contributed by atoms with Gasteiger partial charge < -0.3 is 9.30 Å². The second-order valence-corrected chi connectivity index (χ2v) is 6.21. The van der Waals surface area contributed by atoms with E-state index in [4.69, 9.17) is 4.74 Å². The minimum absolute atomic E-state index is 0.852. The summed E-state index contributed by atoms with van der Waals surface area (Å²) in [4.78, 5) is 4.27. The summed E-state index contributed by atoms with van der Waals surface area (Å²) in [6, 6.07) is 6.28. The Bertz CT molecular complexity index is 693. The highest BCUT2D eigenvalue weighted by molar-refractivity contribution is 7.77. The van der Waals surface area contributed by atoms with Crippen LogP contribution in [0, 0.1) is 6.92 Å². The van der Waals surface area contributed by atoms with Crippen LogP contribution < -0.4 is 4.74 Å². The second kappa shape index (κ2) is 6.58. The number of rotatable bonds is 3. The lowest BCUT2D eigenvalue weighted by Gasteiger charge is -2.23. The molecule has 1 fully saturated rings. The van der Waals surface area contributed by atoms with Gasteiger partial charge in [0.1, 0.15) is 5.75 Å². The molecular weight excluding hydrogens is 294 g/mol. The van der Waals surface area contributed by atoms with Gasteiger partial charge in [0.25, 0.3) is 0 Å². The Morgan fingerprint density at radius 1 is 1.36 bits per heavy atom. The largest absolute Gasteiger partial charge is 0.495 e. The van der Waals surface area contributed by atoms with Crippen LogP contribution in [0.5, 0.6) is 5.75 Å². The molecule has 2 aromatic rings. The van der Waals surface area contributed by atoms with Gasteiger partial charge in [-0.1, -0.05) is 30.5 Å². The molecule has 1 aliphatic heterocycles. The Morgan fingerprint density at radius 2 is 2.23 bits per heavy atom. The first-order valence-corrected chi connectivity index (χ1v) is 7.88. The van der Waals surface area contributed by atoms with Crippen molar-refractivity contribution in [3.63, 3.8) is 0 Å². The average Bonchev–Trinajstić information content (AvgIpc) is 2.93. The number of piperidine rings is 1. The van der Waals surface area contributed by atoms with Crippen molar-refractivity contribution >= 4 is 18.9 Å². The number of hydrogen-bond donors (Lipinski definition) is 1. The lowest BCUT2D eigenvalue weighted by Crippen LogP contribution is -2.22. The molecule has 4 nitrogen and oxygen atoms in total. The van der Waals surface area contributed by atoms with E-state index in [9.17, 15) is 0 Å². The van der Waals surface area contributed by atoms with Gasteiger partial charge in [0.2, 0.25) is 0 Å².